The van der Waals surface area contributed by atoms with E-state index in [2.05, 4.69) is 17.5 Å². The minimum atomic E-state index is -0.127. The van der Waals surface area contributed by atoms with Gasteiger partial charge in [0, 0.05) is 6.54 Å². The Labute approximate surface area is 93.1 Å². The van der Waals surface area contributed by atoms with Gasteiger partial charge in [0.15, 0.2) is 0 Å². The minimum Gasteiger partial charge on any atom is -0.393 e. The fourth-order valence-electron chi connectivity index (χ4n) is 2.08. The zero-order valence-electron chi connectivity index (χ0n) is 9.15. The summed E-state index contributed by atoms with van der Waals surface area (Å²) < 4.78 is 0. The summed E-state index contributed by atoms with van der Waals surface area (Å²) in [6, 6.07) is 0. The lowest BCUT2D eigenvalue weighted by molar-refractivity contribution is 0.127. The summed E-state index contributed by atoms with van der Waals surface area (Å²) in [5, 5.41) is 9.44. The predicted octanol–water partition coefficient (Wildman–Crippen LogP) is 1.79. The maximum atomic E-state index is 9.44. The van der Waals surface area contributed by atoms with E-state index < -0.39 is 0 Å². The van der Waals surface area contributed by atoms with E-state index >= 15 is 0 Å². The van der Waals surface area contributed by atoms with Crippen molar-refractivity contribution in [1.29, 1.82) is 0 Å². The number of thiol groups is 1. The molecule has 1 N–H and O–H groups in total. The number of hydrogen-bond acceptors (Lipinski definition) is 3. The number of aliphatic hydroxyl groups is 1. The summed E-state index contributed by atoms with van der Waals surface area (Å²) in [5.74, 6) is 1.52. The summed E-state index contributed by atoms with van der Waals surface area (Å²) >= 11 is 4.20. The molecule has 1 aliphatic rings. The summed E-state index contributed by atoms with van der Waals surface area (Å²) in [7, 11) is 0. The highest BCUT2D eigenvalue weighted by atomic mass is 32.1. The Balaban J connectivity index is 2.04. The maximum absolute atomic E-state index is 9.44. The Morgan fingerprint density at radius 1 is 1.43 bits per heavy atom. The van der Waals surface area contributed by atoms with Crippen LogP contribution in [0.25, 0.3) is 0 Å². The molecule has 0 aromatic carbocycles. The van der Waals surface area contributed by atoms with Crippen molar-refractivity contribution < 1.29 is 5.11 Å². The number of hydrogen-bond donors (Lipinski definition) is 2. The van der Waals surface area contributed by atoms with Gasteiger partial charge in [0.1, 0.15) is 0 Å². The van der Waals surface area contributed by atoms with Gasteiger partial charge in [0.2, 0.25) is 0 Å². The number of rotatable bonds is 6. The van der Waals surface area contributed by atoms with Crippen molar-refractivity contribution in [3.05, 3.63) is 0 Å². The lowest BCUT2D eigenvalue weighted by atomic mass is 10.0. The second-order valence-corrected chi connectivity index (χ2v) is 4.82. The van der Waals surface area contributed by atoms with Gasteiger partial charge in [-0.2, -0.15) is 12.6 Å². The monoisotopic (exact) mass is 217 g/mol. The molecule has 2 atom stereocenters. The quantitative estimate of drug-likeness (QED) is 0.523. The molecule has 0 aliphatic carbocycles. The average Bonchev–Trinajstić information content (AvgIpc) is 2.61. The number of likely N-dealkylation sites (tertiary alicyclic amines) is 1. The standard InChI is InChI=1S/C11H23NOS/c1-10(13)11-5-7-12(9-11)6-3-2-4-8-14/h10-11,13-14H,2-9H2,1H3. The first-order chi connectivity index (χ1) is 6.74. The summed E-state index contributed by atoms with van der Waals surface area (Å²) in [4.78, 5) is 2.48. The van der Waals surface area contributed by atoms with Crippen molar-refractivity contribution >= 4 is 12.6 Å². The van der Waals surface area contributed by atoms with Crippen molar-refractivity contribution in [2.75, 3.05) is 25.4 Å². The molecule has 0 radical (unpaired) electrons. The third kappa shape index (κ3) is 4.20. The Kier molecular flexibility index (Phi) is 5.90. The number of nitrogens with zero attached hydrogens (tertiary/aromatic N) is 1. The topological polar surface area (TPSA) is 23.5 Å². The van der Waals surface area contributed by atoms with Gasteiger partial charge in [-0.25, -0.2) is 0 Å². The molecule has 0 saturated carbocycles. The zero-order chi connectivity index (χ0) is 10.4. The van der Waals surface area contributed by atoms with E-state index in [1.807, 2.05) is 6.92 Å². The SMILES string of the molecule is CC(O)C1CCN(CCCCCS)C1. The van der Waals surface area contributed by atoms with Gasteiger partial charge < -0.3 is 10.0 Å². The van der Waals surface area contributed by atoms with Crippen LogP contribution in [0.5, 0.6) is 0 Å². The molecular formula is C11H23NOS. The van der Waals surface area contributed by atoms with Gasteiger partial charge in [-0.15, -0.1) is 0 Å². The molecule has 1 fully saturated rings. The Hall–Kier alpha value is 0.270. The normalized spacial score (nSPS) is 25.5. The molecule has 0 amide bonds. The van der Waals surface area contributed by atoms with E-state index in [0.29, 0.717) is 5.92 Å². The summed E-state index contributed by atoms with van der Waals surface area (Å²) in [6.45, 7) is 5.39. The summed E-state index contributed by atoms with van der Waals surface area (Å²) in [5.41, 5.74) is 0. The van der Waals surface area contributed by atoms with Crippen molar-refractivity contribution in [1.82, 2.24) is 4.90 Å². The highest BCUT2D eigenvalue weighted by Crippen LogP contribution is 2.19. The first-order valence-electron chi connectivity index (χ1n) is 5.75. The van der Waals surface area contributed by atoms with Gasteiger partial charge in [-0.1, -0.05) is 6.42 Å². The third-order valence-electron chi connectivity index (χ3n) is 3.12. The highest BCUT2D eigenvalue weighted by molar-refractivity contribution is 7.80. The molecule has 84 valence electrons. The second-order valence-electron chi connectivity index (χ2n) is 4.37. The van der Waals surface area contributed by atoms with E-state index in [9.17, 15) is 5.11 Å². The van der Waals surface area contributed by atoms with E-state index in [4.69, 9.17) is 0 Å². The van der Waals surface area contributed by atoms with Gasteiger partial charge in [0.25, 0.3) is 0 Å². The van der Waals surface area contributed by atoms with E-state index in [1.165, 1.54) is 38.8 Å². The molecule has 2 nitrogen and oxygen atoms in total. The first kappa shape index (κ1) is 12.3. The van der Waals surface area contributed by atoms with E-state index in [1.54, 1.807) is 0 Å². The van der Waals surface area contributed by atoms with Crippen molar-refractivity contribution in [2.24, 2.45) is 5.92 Å². The summed E-state index contributed by atoms with van der Waals surface area (Å²) in [6.07, 6.45) is 4.85. The Morgan fingerprint density at radius 3 is 2.79 bits per heavy atom. The van der Waals surface area contributed by atoms with E-state index in [-0.39, 0.29) is 6.10 Å². The molecule has 0 aromatic heterocycles. The van der Waals surface area contributed by atoms with Crippen molar-refractivity contribution in [3.63, 3.8) is 0 Å². The fraction of sp³-hybridized carbons (Fsp3) is 1.00. The third-order valence-corrected chi connectivity index (χ3v) is 3.44. The molecule has 1 aliphatic heterocycles. The predicted molar refractivity (Wildman–Crippen MR) is 63.9 cm³/mol. The maximum Gasteiger partial charge on any atom is 0.0552 e. The molecule has 1 saturated heterocycles. The van der Waals surface area contributed by atoms with Gasteiger partial charge in [0.05, 0.1) is 6.10 Å². The van der Waals surface area contributed by atoms with Crippen LogP contribution < -0.4 is 0 Å². The van der Waals surface area contributed by atoms with Crippen LogP contribution in [-0.4, -0.2) is 41.5 Å². The average molecular weight is 217 g/mol. The van der Waals surface area contributed by atoms with Crippen LogP contribution in [0, 0.1) is 5.92 Å². The second kappa shape index (κ2) is 6.70. The van der Waals surface area contributed by atoms with Crippen LogP contribution >= 0.6 is 12.6 Å². The molecule has 0 spiro atoms. The lowest BCUT2D eigenvalue weighted by Crippen LogP contribution is -2.25. The fourth-order valence-corrected chi connectivity index (χ4v) is 2.31. The highest BCUT2D eigenvalue weighted by Gasteiger charge is 2.25. The molecular weight excluding hydrogens is 194 g/mol. The van der Waals surface area contributed by atoms with Crippen molar-refractivity contribution in [3.8, 4) is 0 Å². The zero-order valence-corrected chi connectivity index (χ0v) is 10.0. The molecule has 0 aromatic rings. The van der Waals surface area contributed by atoms with Crippen LogP contribution in [-0.2, 0) is 0 Å². The van der Waals surface area contributed by atoms with Crippen LogP contribution in [0.3, 0.4) is 0 Å². The molecule has 1 rings (SSSR count). The molecule has 2 unspecified atom stereocenters. The molecule has 3 heteroatoms. The van der Waals surface area contributed by atoms with Crippen LogP contribution in [0.2, 0.25) is 0 Å². The van der Waals surface area contributed by atoms with E-state index in [0.717, 1.165) is 12.3 Å². The van der Waals surface area contributed by atoms with Gasteiger partial charge in [-0.05, 0) is 50.9 Å². The first-order valence-corrected chi connectivity index (χ1v) is 6.38. The van der Waals surface area contributed by atoms with Gasteiger partial charge >= 0.3 is 0 Å². The van der Waals surface area contributed by atoms with Crippen LogP contribution in [0.15, 0.2) is 0 Å². The Morgan fingerprint density at radius 2 is 2.21 bits per heavy atom. The van der Waals surface area contributed by atoms with Crippen LogP contribution in [0.4, 0.5) is 0 Å². The number of aliphatic hydroxyl groups excluding tert-OH is 1. The molecule has 0 bridgehead atoms. The van der Waals surface area contributed by atoms with Crippen molar-refractivity contribution in [2.45, 2.75) is 38.7 Å². The smallest absolute Gasteiger partial charge is 0.0552 e. The number of unbranched alkanes of at least 4 members (excludes halogenated alkanes) is 2. The molecule has 1 heterocycles. The van der Waals surface area contributed by atoms with Gasteiger partial charge in [-0.3, -0.25) is 0 Å². The Bertz CT molecular complexity index is 152. The lowest BCUT2D eigenvalue weighted by Gasteiger charge is -2.16. The largest absolute Gasteiger partial charge is 0.393 e. The minimum absolute atomic E-state index is 0.127. The molecule has 14 heavy (non-hydrogen) atoms. The van der Waals surface area contributed by atoms with Crippen LogP contribution in [0.1, 0.15) is 32.6 Å².